The van der Waals surface area contributed by atoms with E-state index in [4.69, 9.17) is 19.9 Å². The number of rotatable bonds is 9. The van der Waals surface area contributed by atoms with E-state index in [2.05, 4.69) is 5.32 Å². The minimum atomic E-state index is -0.992. The van der Waals surface area contributed by atoms with E-state index in [-0.39, 0.29) is 61.0 Å². The Balaban J connectivity index is 1.41. The molecule has 230 valence electrons. The van der Waals surface area contributed by atoms with Gasteiger partial charge in [0.15, 0.2) is 0 Å². The number of carbonyl (C=O) groups excluding carboxylic acids is 3. The van der Waals surface area contributed by atoms with E-state index in [0.717, 1.165) is 38.8 Å². The van der Waals surface area contributed by atoms with E-state index >= 15 is 0 Å². The number of hydrogen-bond donors (Lipinski definition) is 3. The minimum absolute atomic E-state index is 0.0986. The fraction of sp³-hybridized carbons (Fsp3) is 0.839. The first kappa shape index (κ1) is 30.4. The third-order valence-corrected chi connectivity index (χ3v) is 10.6. The lowest BCUT2D eigenvalue weighted by Crippen LogP contribution is -2.57. The van der Waals surface area contributed by atoms with Crippen LogP contribution < -0.4 is 11.1 Å². The van der Waals surface area contributed by atoms with Crippen molar-refractivity contribution >= 4 is 17.8 Å². The van der Waals surface area contributed by atoms with Gasteiger partial charge in [0, 0.05) is 57.5 Å². The van der Waals surface area contributed by atoms with Gasteiger partial charge in [0.25, 0.3) is 0 Å². The van der Waals surface area contributed by atoms with Crippen LogP contribution in [0.5, 0.6) is 0 Å². The third-order valence-electron chi connectivity index (χ3n) is 10.6. The Labute approximate surface area is 243 Å². The molecule has 1 aliphatic carbocycles. The van der Waals surface area contributed by atoms with Crippen molar-refractivity contribution in [3.63, 3.8) is 0 Å². The van der Waals surface area contributed by atoms with Gasteiger partial charge in [-0.05, 0) is 83.0 Å². The zero-order valence-electron chi connectivity index (χ0n) is 24.9. The van der Waals surface area contributed by atoms with E-state index in [1.165, 1.54) is 0 Å². The van der Waals surface area contributed by atoms with Crippen LogP contribution in [0.4, 0.5) is 0 Å². The predicted molar refractivity (Wildman–Crippen MR) is 151 cm³/mol. The Morgan fingerprint density at radius 2 is 1.98 bits per heavy atom. The molecule has 0 aromatic rings. The molecular weight excluding hydrogens is 526 g/mol. The Morgan fingerprint density at radius 3 is 2.66 bits per heavy atom. The van der Waals surface area contributed by atoms with Crippen molar-refractivity contribution in [1.29, 1.82) is 0 Å². The van der Waals surface area contributed by atoms with Gasteiger partial charge in [-0.25, -0.2) is 4.79 Å². The van der Waals surface area contributed by atoms with Gasteiger partial charge in [0.2, 0.25) is 5.91 Å². The van der Waals surface area contributed by atoms with Crippen LogP contribution >= 0.6 is 0 Å². The molecule has 5 rings (SSSR count). The van der Waals surface area contributed by atoms with Gasteiger partial charge < -0.3 is 35.3 Å². The molecule has 0 bridgehead atoms. The molecule has 4 saturated heterocycles. The van der Waals surface area contributed by atoms with Gasteiger partial charge in [-0.15, -0.1) is 0 Å². The van der Waals surface area contributed by atoms with Crippen LogP contribution in [-0.4, -0.2) is 83.7 Å². The van der Waals surface area contributed by atoms with Crippen LogP contribution in [0.3, 0.4) is 0 Å². The normalized spacial score (nSPS) is 37.5. The van der Waals surface area contributed by atoms with Gasteiger partial charge in [-0.2, -0.15) is 0 Å². The first-order chi connectivity index (χ1) is 19.5. The van der Waals surface area contributed by atoms with E-state index in [1.54, 1.807) is 13.0 Å². The van der Waals surface area contributed by atoms with Crippen molar-refractivity contribution in [1.82, 2.24) is 10.2 Å². The molecule has 41 heavy (non-hydrogen) atoms. The summed E-state index contributed by atoms with van der Waals surface area (Å²) in [5, 5.41) is 12.9. The highest BCUT2D eigenvalue weighted by Crippen LogP contribution is 2.55. The molecule has 4 heterocycles. The molecular formula is C31H49N3O7. The van der Waals surface area contributed by atoms with Gasteiger partial charge in [-0.1, -0.05) is 6.08 Å². The van der Waals surface area contributed by atoms with Crippen molar-refractivity contribution in [3.8, 4) is 0 Å². The maximum atomic E-state index is 13.3. The number of aliphatic hydroxyl groups is 1. The molecule has 5 aliphatic rings. The molecule has 4 N–H and O–H groups in total. The zero-order chi connectivity index (χ0) is 29.4. The lowest BCUT2D eigenvalue weighted by molar-refractivity contribution is -0.207. The van der Waals surface area contributed by atoms with Gasteiger partial charge in [0.05, 0.1) is 12.3 Å². The first-order valence-electron chi connectivity index (χ1n) is 15.7. The van der Waals surface area contributed by atoms with Crippen molar-refractivity contribution in [2.75, 3.05) is 26.2 Å². The topological polar surface area (TPSA) is 140 Å². The van der Waals surface area contributed by atoms with Crippen molar-refractivity contribution < 1.29 is 33.7 Å². The zero-order valence-corrected chi connectivity index (χ0v) is 24.9. The van der Waals surface area contributed by atoms with Crippen LogP contribution in [0.1, 0.15) is 85.0 Å². The summed E-state index contributed by atoms with van der Waals surface area (Å²) in [7, 11) is 0. The molecule has 10 heteroatoms. The summed E-state index contributed by atoms with van der Waals surface area (Å²) in [6.07, 6.45) is 7.96. The average molecular weight is 576 g/mol. The van der Waals surface area contributed by atoms with Crippen LogP contribution in [0, 0.1) is 23.7 Å². The molecule has 5 fully saturated rings. The highest BCUT2D eigenvalue weighted by atomic mass is 16.6. The highest BCUT2D eigenvalue weighted by molar-refractivity contribution is 5.88. The third kappa shape index (κ3) is 6.36. The number of carbonyl (C=O) groups is 3. The van der Waals surface area contributed by atoms with Crippen molar-refractivity contribution in [2.45, 2.75) is 115 Å². The number of aliphatic hydroxyl groups excluding tert-OH is 1. The van der Waals surface area contributed by atoms with E-state index < -0.39 is 17.2 Å². The second-order valence-electron chi connectivity index (χ2n) is 13.5. The second kappa shape index (κ2) is 12.3. The molecule has 1 saturated carbocycles. The lowest BCUT2D eigenvalue weighted by Gasteiger charge is -2.48. The Hall–Kier alpha value is -2.01. The molecule has 8 unspecified atom stereocenters. The number of amides is 1. The summed E-state index contributed by atoms with van der Waals surface area (Å²) in [6, 6.07) is 0. The Kier molecular flexibility index (Phi) is 9.14. The number of allylic oxidation sites excluding steroid dienone is 1. The predicted octanol–water partition coefficient (Wildman–Crippen LogP) is 2.42. The number of ether oxygens (including phenoxy) is 3. The van der Waals surface area contributed by atoms with E-state index in [9.17, 15) is 19.5 Å². The van der Waals surface area contributed by atoms with Crippen LogP contribution in [0.25, 0.3) is 0 Å². The van der Waals surface area contributed by atoms with Crippen LogP contribution in [-0.2, 0) is 28.6 Å². The maximum absolute atomic E-state index is 13.3. The molecule has 8 atom stereocenters. The van der Waals surface area contributed by atoms with Gasteiger partial charge >= 0.3 is 11.9 Å². The number of nitrogens with one attached hydrogen (secondary N) is 1. The number of piperidine rings is 1. The highest BCUT2D eigenvalue weighted by Gasteiger charge is 2.60. The summed E-state index contributed by atoms with van der Waals surface area (Å²) < 4.78 is 19.1. The molecule has 1 amide bonds. The standard InChI is InChI=1S/C31H49N3O7/c1-4-19(8-11-35)29(38)41-30(2,3)31(17-22-12-20-6-7-28(37)39-24(20)15-25(22)40-31)16-21-13-26(32)33-18-23(21)14-27(36)34-9-5-10-34/h4,20-26,33,35H,5-18,32H2,1-3H3. The summed E-state index contributed by atoms with van der Waals surface area (Å²) in [5.74, 6) is 0.406. The largest absolute Gasteiger partial charge is 0.462 e. The molecule has 0 aromatic heterocycles. The SMILES string of the molecule is CC=C(CCO)C(=O)OC(C)(C)C1(CC2CC(N)NCC2CC(=O)N2CCC2)CC2CC3CCC(=O)OC3CC2O1. The number of hydrogen-bond acceptors (Lipinski definition) is 9. The van der Waals surface area contributed by atoms with Crippen molar-refractivity contribution in [2.24, 2.45) is 29.4 Å². The monoisotopic (exact) mass is 575 g/mol. The van der Waals surface area contributed by atoms with E-state index in [1.807, 2.05) is 18.7 Å². The van der Waals surface area contributed by atoms with Gasteiger partial charge in [-0.3, -0.25) is 9.59 Å². The number of nitrogens with two attached hydrogens (primary N) is 1. The van der Waals surface area contributed by atoms with E-state index in [0.29, 0.717) is 50.1 Å². The number of esters is 2. The summed E-state index contributed by atoms with van der Waals surface area (Å²) in [6.45, 7) is 7.82. The first-order valence-corrected chi connectivity index (χ1v) is 15.7. The number of likely N-dealkylation sites (tertiary alicyclic amines) is 1. The summed E-state index contributed by atoms with van der Waals surface area (Å²) in [4.78, 5) is 40.3. The quantitative estimate of drug-likeness (QED) is 0.279. The molecule has 4 aliphatic heterocycles. The average Bonchev–Trinajstić information content (AvgIpc) is 3.24. The molecule has 0 spiro atoms. The Morgan fingerprint density at radius 1 is 1.20 bits per heavy atom. The van der Waals surface area contributed by atoms with Crippen LogP contribution in [0.2, 0.25) is 0 Å². The number of fused-ring (bicyclic) bond motifs is 2. The Bertz CT molecular complexity index is 1030. The summed E-state index contributed by atoms with van der Waals surface area (Å²) in [5.41, 5.74) is 5.06. The minimum Gasteiger partial charge on any atom is -0.462 e. The van der Waals surface area contributed by atoms with Gasteiger partial charge in [0.1, 0.15) is 17.3 Å². The molecule has 0 radical (unpaired) electrons. The fourth-order valence-electron chi connectivity index (χ4n) is 7.95. The fourth-order valence-corrected chi connectivity index (χ4v) is 7.95. The van der Waals surface area contributed by atoms with Crippen LogP contribution in [0.15, 0.2) is 11.6 Å². The second-order valence-corrected chi connectivity index (χ2v) is 13.5. The smallest absolute Gasteiger partial charge is 0.334 e. The summed E-state index contributed by atoms with van der Waals surface area (Å²) >= 11 is 0. The maximum Gasteiger partial charge on any atom is 0.334 e. The lowest BCUT2D eigenvalue weighted by atomic mass is 9.67. The molecule has 0 aromatic carbocycles. The van der Waals surface area contributed by atoms with Crippen molar-refractivity contribution in [3.05, 3.63) is 11.6 Å². The number of nitrogens with zero attached hydrogens (tertiary/aromatic N) is 1. The molecule has 10 nitrogen and oxygen atoms in total.